The number of H-pyrrole nitrogens is 1. The number of carbonyl (C=O) groups excluding carboxylic acids is 1. The van der Waals surface area contributed by atoms with Gasteiger partial charge in [-0.15, -0.1) is 0 Å². The molecule has 1 aromatic carbocycles. The van der Waals surface area contributed by atoms with Gasteiger partial charge in [-0.1, -0.05) is 12.1 Å². The van der Waals surface area contributed by atoms with Gasteiger partial charge in [-0.3, -0.25) is 4.79 Å². The van der Waals surface area contributed by atoms with Crippen molar-refractivity contribution in [3.8, 4) is 5.88 Å². The van der Waals surface area contributed by atoms with Gasteiger partial charge in [0.25, 0.3) is 0 Å². The molecular formula is C26H21F2N7O2. The van der Waals surface area contributed by atoms with Gasteiger partial charge in [0.1, 0.15) is 29.4 Å². The third-order valence-electron chi connectivity index (χ3n) is 5.75. The van der Waals surface area contributed by atoms with Crippen LogP contribution in [0.3, 0.4) is 0 Å². The average Bonchev–Trinajstić information content (AvgIpc) is 3.34. The van der Waals surface area contributed by atoms with E-state index in [9.17, 15) is 13.6 Å². The molecule has 3 N–H and O–H groups in total. The van der Waals surface area contributed by atoms with Crippen LogP contribution in [0.4, 0.5) is 26.1 Å². The Hall–Kier alpha value is -4.93. The molecule has 0 aliphatic carbocycles. The number of pyridine rings is 2. The Kier molecular flexibility index (Phi) is 6.42. The highest BCUT2D eigenvalue weighted by atomic mass is 19.1. The number of ketones is 1. The minimum absolute atomic E-state index is 0.185. The summed E-state index contributed by atoms with van der Waals surface area (Å²) in [7, 11) is 1.51. The van der Waals surface area contributed by atoms with E-state index in [0.717, 1.165) is 5.56 Å². The number of methoxy groups -OCH3 is 1. The van der Waals surface area contributed by atoms with E-state index in [4.69, 9.17) is 4.74 Å². The predicted octanol–water partition coefficient (Wildman–Crippen LogP) is 5.18. The number of nitrogens with zero attached hydrogens (tertiary/aromatic N) is 4. The minimum Gasteiger partial charge on any atom is -0.481 e. The van der Waals surface area contributed by atoms with E-state index >= 15 is 0 Å². The molecule has 0 bridgehead atoms. The fraction of sp³-hybridized carbons (Fsp3) is 0.115. The zero-order valence-corrected chi connectivity index (χ0v) is 19.8. The number of hydrogen-bond acceptors (Lipinski definition) is 8. The molecule has 0 amide bonds. The summed E-state index contributed by atoms with van der Waals surface area (Å²) >= 11 is 0. The first-order valence-corrected chi connectivity index (χ1v) is 11.3. The Labute approximate surface area is 210 Å². The van der Waals surface area contributed by atoms with Gasteiger partial charge in [0, 0.05) is 18.3 Å². The number of nitrogens with one attached hydrogen (secondary N) is 3. The van der Waals surface area contributed by atoms with Crippen molar-refractivity contribution < 1.29 is 18.3 Å². The monoisotopic (exact) mass is 501 g/mol. The molecule has 0 radical (unpaired) electrons. The number of hydrogen-bond donors (Lipinski definition) is 3. The summed E-state index contributed by atoms with van der Waals surface area (Å²) < 4.78 is 33.3. The van der Waals surface area contributed by atoms with Gasteiger partial charge in [0.05, 0.1) is 35.5 Å². The number of rotatable bonds is 8. The maximum atomic E-state index is 15.0. The number of anilines is 3. The number of aromatic nitrogens is 5. The van der Waals surface area contributed by atoms with Crippen molar-refractivity contribution in [2.45, 2.75) is 13.0 Å². The largest absolute Gasteiger partial charge is 0.481 e. The van der Waals surface area contributed by atoms with Crippen LogP contribution < -0.4 is 15.4 Å². The van der Waals surface area contributed by atoms with Crippen LogP contribution in [0.5, 0.6) is 5.88 Å². The quantitative estimate of drug-likeness (QED) is 0.197. The molecule has 0 aliphatic heterocycles. The molecule has 1 atom stereocenters. The topological polar surface area (TPSA) is 118 Å². The second-order valence-corrected chi connectivity index (χ2v) is 8.14. The highest BCUT2D eigenvalue weighted by Crippen LogP contribution is 2.29. The summed E-state index contributed by atoms with van der Waals surface area (Å²) in [6.45, 7) is 1.88. The molecule has 0 saturated carbocycles. The average molecular weight is 501 g/mol. The fourth-order valence-electron chi connectivity index (χ4n) is 3.83. The highest BCUT2D eigenvalue weighted by Gasteiger charge is 2.23. The van der Waals surface area contributed by atoms with Gasteiger partial charge < -0.3 is 20.4 Å². The molecule has 4 heterocycles. The van der Waals surface area contributed by atoms with Crippen LogP contribution in [-0.2, 0) is 0 Å². The van der Waals surface area contributed by atoms with Gasteiger partial charge in [0.15, 0.2) is 5.78 Å². The van der Waals surface area contributed by atoms with E-state index in [1.165, 1.54) is 50.1 Å². The number of carbonyl (C=O) groups is 1. The summed E-state index contributed by atoms with van der Waals surface area (Å²) in [6.07, 6.45) is 4.33. The molecule has 5 rings (SSSR count). The third-order valence-corrected chi connectivity index (χ3v) is 5.75. The van der Waals surface area contributed by atoms with Crippen molar-refractivity contribution in [2.75, 3.05) is 17.7 Å². The third kappa shape index (κ3) is 4.92. The van der Waals surface area contributed by atoms with Gasteiger partial charge in [0.2, 0.25) is 11.8 Å². The van der Waals surface area contributed by atoms with Gasteiger partial charge in [-0.2, -0.15) is 4.39 Å². The molecule has 0 fully saturated rings. The van der Waals surface area contributed by atoms with Crippen molar-refractivity contribution >= 4 is 34.1 Å². The Morgan fingerprint density at radius 1 is 1.00 bits per heavy atom. The standard InChI is InChI=1S/C26H21F2N7O2/c1-14(15-3-5-16(27)6-4-15)33-26-22-19(12-30-25(22)31-13-32-26)23(36)18-8-9-20(35-24(18)28)34-17-7-10-21(37-2)29-11-17/h3-14H,1-2H3,(H,34,35)(H2,30,31,32,33). The first-order valence-electron chi connectivity index (χ1n) is 11.3. The molecule has 186 valence electrons. The molecule has 1 unspecified atom stereocenters. The maximum absolute atomic E-state index is 15.0. The first-order chi connectivity index (χ1) is 17.9. The zero-order valence-electron chi connectivity index (χ0n) is 19.8. The number of halogens is 2. The number of aromatic amines is 1. The van der Waals surface area contributed by atoms with Gasteiger partial charge in [-0.05, 0) is 42.8 Å². The lowest BCUT2D eigenvalue weighted by Crippen LogP contribution is -2.11. The summed E-state index contributed by atoms with van der Waals surface area (Å²) in [5, 5.41) is 6.58. The zero-order chi connectivity index (χ0) is 25.9. The van der Waals surface area contributed by atoms with Crippen molar-refractivity contribution in [3.63, 3.8) is 0 Å². The first kappa shape index (κ1) is 23.8. The van der Waals surface area contributed by atoms with Crippen LogP contribution in [0.1, 0.15) is 34.5 Å². The SMILES string of the molecule is COc1ccc(Nc2ccc(C(=O)c3c[nH]c4ncnc(NC(C)c5ccc(F)cc5)c34)c(F)n2)cn1. The Morgan fingerprint density at radius 2 is 1.81 bits per heavy atom. The normalized spacial score (nSPS) is 11.8. The summed E-state index contributed by atoms with van der Waals surface area (Å²) in [6, 6.07) is 12.0. The second kappa shape index (κ2) is 9.97. The molecule has 11 heteroatoms. The summed E-state index contributed by atoms with van der Waals surface area (Å²) in [5.74, 6) is -0.826. The lowest BCUT2D eigenvalue weighted by molar-refractivity contribution is 0.103. The number of ether oxygens (including phenoxy) is 1. The molecule has 37 heavy (non-hydrogen) atoms. The Morgan fingerprint density at radius 3 is 2.51 bits per heavy atom. The van der Waals surface area contributed by atoms with E-state index in [1.54, 1.807) is 24.3 Å². The van der Waals surface area contributed by atoms with E-state index in [-0.39, 0.29) is 28.8 Å². The highest BCUT2D eigenvalue weighted by molar-refractivity contribution is 6.18. The van der Waals surface area contributed by atoms with Gasteiger partial charge >= 0.3 is 0 Å². The van der Waals surface area contributed by atoms with Crippen LogP contribution >= 0.6 is 0 Å². The van der Waals surface area contributed by atoms with Crippen molar-refractivity contribution in [3.05, 3.63) is 95.7 Å². The van der Waals surface area contributed by atoms with E-state index in [2.05, 4.69) is 35.6 Å². The molecule has 5 aromatic rings. The van der Waals surface area contributed by atoms with Crippen LogP contribution in [0.2, 0.25) is 0 Å². The summed E-state index contributed by atoms with van der Waals surface area (Å²) in [5.41, 5.74) is 1.78. The van der Waals surface area contributed by atoms with Crippen LogP contribution in [-0.4, -0.2) is 37.8 Å². The van der Waals surface area contributed by atoms with Crippen LogP contribution in [0, 0.1) is 11.8 Å². The number of benzene rings is 1. The number of fused-ring (bicyclic) bond motifs is 1. The molecular weight excluding hydrogens is 480 g/mol. The van der Waals surface area contributed by atoms with E-state index < -0.39 is 11.7 Å². The van der Waals surface area contributed by atoms with Crippen molar-refractivity contribution in [2.24, 2.45) is 0 Å². The Balaban J connectivity index is 1.42. The van der Waals surface area contributed by atoms with Crippen molar-refractivity contribution in [1.82, 2.24) is 24.9 Å². The second-order valence-electron chi connectivity index (χ2n) is 8.14. The van der Waals surface area contributed by atoms with E-state index in [0.29, 0.717) is 28.4 Å². The molecule has 0 aliphatic rings. The predicted molar refractivity (Wildman–Crippen MR) is 134 cm³/mol. The lowest BCUT2D eigenvalue weighted by atomic mass is 10.0. The lowest BCUT2D eigenvalue weighted by Gasteiger charge is -2.16. The van der Waals surface area contributed by atoms with Crippen LogP contribution in [0.25, 0.3) is 11.0 Å². The molecule has 9 nitrogen and oxygen atoms in total. The molecule has 0 saturated heterocycles. The fourth-order valence-corrected chi connectivity index (χ4v) is 3.83. The molecule has 0 spiro atoms. The Bertz CT molecular complexity index is 1570. The maximum Gasteiger partial charge on any atom is 0.226 e. The summed E-state index contributed by atoms with van der Waals surface area (Å²) in [4.78, 5) is 32.7. The van der Waals surface area contributed by atoms with E-state index in [1.807, 2.05) is 6.92 Å². The van der Waals surface area contributed by atoms with Crippen molar-refractivity contribution in [1.29, 1.82) is 0 Å². The minimum atomic E-state index is -0.933. The smallest absolute Gasteiger partial charge is 0.226 e. The van der Waals surface area contributed by atoms with Crippen LogP contribution in [0.15, 0.2) is 67.3 Å². The van der Waals surface area contributed by atoms with Gasteiger partial charge in [-0.25, -0.2) is 24.3 Å². The molecule has 4 aromatic heterocycles.